The Balaban J connectivity index is 2.05. The van der Waals surface area contributed by atoms with Gasteiger partial charge in [0.05, 0.1) is 35.9 Å². The van der Waals surface area contributed by atoms with Crippen LogP contribution in [0, 0.1) is 11.3 Å². The van der Waals surface area contributed by atoms with Crippen molar-refractivity contribution in [2.45, 2.75) is 24.3 Å². The normalized spacial score (nSPS) is 11.3. The first-order valence-corrected chi connectivity index (χ1v) is 10.2. The quantitative estimate of drug-likeness (QED) is 0.474. The molecule has 0 spiro atoms. The number of benzene rings is 1. The highest BCUT2D eigenvalue weighted by atomic mass is 32.2. The average molecular weight is 413 g/mol. The molecule has 2 aromatic heterocycles. The summed E-state index contributed by atoms with van der Waals surface area (Å²) in [4.78, 5) is 13.3. The van der Waals surface area contributed by atoms with E-state index in [1.807, 2.05) is 38.3 Å². The molecule has 0 unspecified atom stereocenters. The summed E-state index contributed by atoms with van der Waals surface area (Å²) in [6.07, 6.45) is 3.64. The molecule has 1 aromatic carbocycles. The smallest absolute Gasteiger partial charge is 0.231 e. The molecule has 0 atom stereocenters. The van der Waals surface area contributed by atoms with Gasteiger partial charge in [-0.2, -0.15) is 15.2 Å². The number of anilines is 3. The fraction of sp³-hybridized carbons (Fsp3) is 0.350. The third kappa shape index (κ3) is 4.55. The van der Waals surface area contributed by atoms with Gasteiger partial charge in [0.2, 0.25) is 5.95 Å². The molecule has 0 saturated carbocycles. The van der Waals surface area contributed by atoms with Gasteiger partial charge >= 0.3 is 0 Å². The molecule has 29 heavy (non-hydrogen) atoms. The molecule has 3 rings (SSSR count). The topological polar surface area (TPSA) is 108 Å². The molecule has 0 radical (unpaired) electrons. The zero-order chi connectivity index (χ0) is 21.0. The number of nitriles is 1. The molecule has 152 valence electrons. The molecule has 0 amide bonds. The standard InChI is InChI=1S/C20H24N6O2S/c1-20(2,11-27-3)26-18-16-12(9-21)10-22-17(16)24-19(25-18)23-14-7-6-13(29-5)8-15(14)28-4/h6-8,10H,11H2,1-5H3,(H3,22,23,24,25,26). The summed E-state index contributed by atoms with van der Waals surface area (Å²) in [5.74, 6) is 1.63. The molecule has 3 N–H and O–H groups in total. The number of ether oxygens (including phenoxy) is 2. The van der Waals surface area contributed by atoms with E-state index in [2.05, 4.69) is 31.7 Å². The monoisotopic (exact) mass is 412 g/mol. The van der Waals surface area contributed by atoms with Crippen molar-refractivity contribution in [1.29, 1.82) is 5.26 Å². The Bertz CT molecular complexity index is 1060. The molecule has 8 nitrogen and oxygen atoms in total. The predicted octanol–water partition coefficient (Wildman–Crippen LogP) is 4.14. The number of hydrogen-bond acceptors (Lipinski definition) is 8. The highest BCUT2D eigenvalue weighted by molar-refractivity contribution is 7.98. The minimum absolute atomic E-state index is 0.384. The summed E-state index contributed by atoms with van der Waals surface area (Å²) in [6, 6.07) is 8.06. The molecule has 0 aliphatic rings. The Hall–Kier alpha value is -2.96. The number of nitrogens with zero attached hydrogens (tertiary/aromatic N) is 3. The van der Waals surface area contributed by atoms with Crippen molar-refractivity contribution < 1.29 is 9.47 Å². The molecular weight excluding hydrogens is 388 g/mol. The lowest BCUT2D eigenvalue weighted by molar-refractivity contribution is 0.158. The molecule has 2 heterocycles. The number of hydrogen-bond donors (Lipinski definition) is 3. The number of aromatic nitrogens is 3. The van der Waals surface area contributed by atoms with Gasteiger partial charge in [-0.25, -0.2) is 0 Å². The van der Waals surface area contributed by atoms with Crippen LogP contribution in [0.3, 0.4) is 0 Å². The first-order chi connectivity index (χ1) is 13.9. The average Bonchev–Trinajstić information content (AvgIpc) is 3.11. The van der Waals surface area contributed by atoms with Gasteiger partial charge in [-0.15, -0.1) is 11.8 Å². The van der Waals surface area contributed by atoms with Crippen molar-refractivity contribution in [3.05, 3.63) is 30.0 Å². The van der Waals surface area contributed by atoms with Crippen molar-refractivity contribution in [3.63, 3.8) is 0 Å². The fourth-order valence-electron chi connectivity index (χ4n) is 3.01. The Kier molecular flexibility index (Phi) is 6.15. The Morgan fingerprint density at radius 3 is 2.72 bits per heavy atom. The summed E-state index contributed by atoms with van der Waals surface area (Å²) in [5.41, 5.74) is 1.40. The van der Waals surface area contributed by atoms with E-state index in [1.54, 1.807) is 32.2 Å². The van der Waals surface area contributed by atoms with Crippen LogP contribution >= 0.6 is 11.8 Å². The maximum Gasteiger partial charge on any atom is 0.231 e. The number of rotatable bonds is 8. The van der Waals surface area contributed by atoms with Gasteiger partial charge < -0.3 is 25.1 Å². The van der Waals surface area contributed by atoms with Gasteiger partial charge in [0, 0.05) is 18.2 Å². The SMILES string of the molecule is COCC(C)(C)Nc1nc(Nc2ccc(SC)cc2OC)nc2[nH]cc(C#N)c12. The van der Waals surface area contributed by atoms with E-state index in [-0.39, 0.29) is 0 Å². The Morgan fingerprint density at radius 1 is 1.28 bits per heavy atom. The molecule has 9 heteroatoms. The molecule has 0 aliphatic carbocycles. The second kappa shape index (κ2) is 8.59. The number of aromatic amines is 1. The van der Waals surface area contributed by atoms with Crippen LogP contribution < -0.4 is 15.4 Å². The van der Waals surface area contributed by atoms with Crippen LogP contribution in [0.2, 0.25) is 0 Å². The maximum atomic E-state index is 9.46. The van der Waals surface area contributed by atoms with Crippen molar-refractivity contribution in [2.24, 2.45) is 0 Å². The van der Waals surface area contributed by atoms with Gasteiger partial charge in [0.25, 0.3) is 0 Å². The zero-order valence-corrected chi connectivity index (χ0v) is 17.9. The first kappa shape index (κ1) is 20.8. The highest BCUT2D eigenvalue weighted by Gasteiger charge is 2.22. The maximum absolute atomic E-state index is 9.46. The van der Waals surface area contributed by atoms with Gasteiger partial charge in [-0.1, -0.05) is 0 Å². The van der Waals surface area contributed by atoms with Crippen LogP contribution in [0.5, 0.6) is 5.75 Å². The fourth-order valence-corrected chi connectivity index (χ4v) is 3.44. The summed E-state index contributed by atoms with van der Waals surface area (Å²) in [6.45, 7) is 4.47. The highest BCUT2D eigenvalue weighted by Crippen LogP contribution is 2.33. The minimum atomic E-state index is -0.394. The summed E-state index contributed by atoms with van der Waals surface area (Å²) >= 11 is 1.64. The van der Waals surface area contributed by atoms with E-state index in [9.17, 15) is 5.26 Å². The first-order valence-electron chi connectivity index (χ1n) is 8.96. The van der Waals surface area contributed by atoms with Crippen LogP contribution in [0.15, 0.2) is 29.3 Å². The lowest BCUT2D eigenvalue weighted by atomic mass is 10.1. The van der Waals surface area contributed by atoms with E-state index >= 15 is 0 Å². The lowest BCUT2D eigenvalue weighted by Crippen LogP contribution is -2.36. The van der Waals surface area contributed by atoms with Crippen LogP contribution in [0.1, 0.15) is 19.4 Å². The van der Waals surface area contributed by atoms with Crippen LogP contribution in [0.4, 0.5) is 17.5 Å². The Labute approximate surface area is 174 Å². The number of thioether (sulfide) groups is 1. The second-order valence-corrected chi connectivity index (χ2v) is 7.95. The van der Waals surface area contributed by atoms with Gasteiger partial charge in [-0.3, -0.25) is 0 Å². The number of fused-ring (bicyclic) bond motifs is 1. The number of H-pyrrole nitrogens is 1. The molecular formula is C20H24N6O2S. The van der Waals surface area contributed by atoms with E-state index < -0.39 is 5.54 Å². The molecule has 3 aromatic rings. The molecule has 0 aliphatic heterocycles. The van der Waals surface area contributed by atoms with Crippen molar-refractivity contribution in [2.75, 3.05) is 37.7 Å². The zero-order valence-electron chi connectivity index (χ0n) is 17.1. The van der Waals surface area contributed by atoms with Crippen LogP contribution in [0.25, 0.3) is 11.0 Å². The molecule has 0 bridgehead atoms. The van der Waals surface area contributed by atoms with Crippen molar-refractivity contribution >= 4 is 40.2 Å². The third-order valence-electron chi connectivity index (χ3n) is 4.27. The van der Waals surface area contributed by atoms with Gasteiger partial charge in [-0.05, 0) is 38.3 Å². The van der Waals surface area contributed by atoms with Crippen molar-refractivity contribution in [3.8, 4) is 11.8 Å². The van der Waals surface area contributed by atoms with Crippen molar-refractivity contribution in [1.82, 2.24) is 15.0 Å². The molecule has 0 fully saturated rings. The van der Waals surface area contributed by atoms with Gasteiger partial charge in [0.1, 0.15) is 23.3 Å². The summed E-state index contributed by atoms with van der Waals surface area (Å²) < 4.78 is 10.8. The third-order valence-corrected chi connectivity index (χ3v) is 4.99. The number of nitrogens with one attached hydrogen (secondary N) is 3. The number of methoxy groups -OCH3 is 2. The van der Waals surface area contributed by atoms with E-state index in [1.165, 1.54) is 0 Å². The largest absolute Gasteiger partial charge is 0.495 e. The van der Waals surface area contributed by atoms with E-state index in [0.29, 0.717) is 40.7 Å². The summed E-state index contributed by atoms with van der Waals surface area (Å²) in [7, 11) is 3.27. The van der Waals surface area contributed by atoms with Gasteiger partial charge in [0.15, 0.2) is 0 Å². The molecule has 0 saturated heterocycles. The van der Waals surface area contributed by atoms with Crippen LogP contribution in [-0.4, -0.2) is 47.6 Å². The predicted molar refractivity (Wildman–Crippen MR) is 116 cm³/mol. The minimum Gasteiger partial charge on any atom is -0.495 e. The van der Waals surface area contributed by atoms with Crippen LogP contribution in [-0.2, 0) is 4.74 Å². The Morgan fingerprint density at radius 2 is 2.07 bits per heavy atom. The summed E-state index contributed by atoms with van der Waals surface area (Å²) in [5, 5.41) is 16.7. The van der Waals surface area contributed by atoms with E-state index in [0.717, 1.165) is 10.6 Å². The second-order valence-electron chi connectivity index (χ2n) is 7.07. The van der Waals surface area contributed by atoms with E-state index in [4.69, 9.17) is 9.47 Å². The lowest BCUT2D eigenvalue weighted by Gasteiger charge is -2.26.